The molecule has 0 aromatic heterocycles. The van der Waals surface area contributed by atoms with Gasteiger partial charge in [-0.05, 0) is 43.3 Å². The number of carbonyl (C=O) groups is 3. The highest BCUT2D eigenvalue weighted by Gasteiger charge is 2.36. The Morgan fingerprint density at radius 2 is 1.68 bits per heavy atom. The van der Waals surface area contributed by atoms with Crippen LogP contribution in [0.2, 0.25) is 0 Å². The van der Waals surface area contributed by atoms with E-state index in [4.69, 9.17) is 4.74 Å². The molecule has 34 heavy (non-hydrogen) atoms. The molecule has 180 valence electrons. The molecule has 0 spiro atoms. The lowest BCUT2D eigenvalue weighted by atomic mass is 10.1. The number of hydrazone groups is 1. The van der Waals surface area contributed by atoms with Gasteiger partial charge in [-0.1, -0.05) is 18.2 Å². The highest BCUT2D eigenvalue weighted by Crippen LogP contribution is 2.29. The Kier molecular flexibility index (Phi) is 7.87. The van der Waals surface area contributed by atoms with E-state index in [-0.39, 0.29) is 37.4 Å². The summed E-state index contributed by atoms with van der Waals surface area (Å²) >= 11 is 0. The molecule has 2 aromatic rings. The second-order valence-corrected chi connectivity index (χ2v) is 7.29. The number of amides is 2. The average Bonchev–Trinajstić information content (AvgIpc) is 3.28. The summed E-state index contributed by atoms with van der Waals surface area (Å²) in [5.41, 5.74) is -0.0304. The van der Waals surface area contributed by atoms with Crippen molar-refractivity contribution in [3.05, 3.63) is 65.7 Å². The second-order valence-electron chi connectivity index (χ2n) is 7.29. The summed E-state index contributed by atoms with van der Waals surface area (Å²) < 4.78 is 42.9. The van der Waals surface area contributed by atoms with Gasteiger partial charge in [0.15, 0.2) is 0 Å². The molecular formula is C23H23F3N4O4. The number of benzene rings is 2. The summed E-state index contributed by atoms with van der Waals surface area (Å²) in [6, 6.07) is 11.9. The molecule has 0 saturated carbocycles. The Balaban J connectivity index is 1.55. The molecule has 1 aliphatic rings. The minimum absolute atomic E-state index is 0.0508. The molecule has 8 nitrogen and oxygen atoms in total. The first-order valence-corrected chi connectivity index (χ1v) is 10.5. The maximum Gasteiger partial charge on any atom is 0.416 e. The van der Waals surface area contributed by atoms with Gasteiger partial charge < -0.3 is 15.4 Å². The van der Waals surface area contributed by atoms with Crippen LogP contribution in [0.1, 0.15) is 29.3 Å². The number of nitrogens with one attached hydrogen (secondary N) is 2. The standard InChI is InChI=1S/C23H23F3N4O4/c1-2-34-22(33)18-14-19(30(29-18)17-6-4-3-5-7-17)21(32)28-13-12-27-20(31)15-8-10-16(11-9-15)23(24,25)26/h3-11,19H,2,12-14H2,1H3,(H,27,31)(H,28,32). The van der Waals surface area contributed by atoms with Gasteiger partial charge in [-0.2, -0.15) is 18.3 Å². The molecule has 3 rings (SSSR count). The van der Waals surface area contributed by atoms with E-state index in [2.05, 4.69) is 15.7 Å². The van der Waals surface area contributed by atoms with Crippen molar-refractivity contribution in [3.8, 4) is 0 Å². The molecule has 0 radical (unpaired) electrons. The summed E-state index contributed by atoms with van der Waals surface area (Å²) in [6.07, 6.45) is -4.43. The molecule has 2 N–H and O–H groups in total. The van der Waals surface area contributed by atoms with Crippen LogP contribution in [-0.2, 0) is 20.5 Å². The molecule has 0 saturated heterocycles. The fraction of sp³-hybridized carbons (Fsp3) is 0.304. The highest BCUT2D eigenvalue weighted by atomic mass is 19.4. The number of para-hydroxylation sites is 1. The van der Waals surface area contributed by atoms with Crippen LogP contribution in [0.5, 0.6) is 0 Å². The zero-order chi connectivity index (χ0) is 24.7. The van der Waals surface area contributed by atoms with Crippen molar-refractivity contribution in [3.63, 3.8) is 0 Å². The fourth-order valence-electron chi connectivity index (χ4n) is 3.26. The lowest BCUT2D eigenvalue weighted by molar-refractivity contribution is -0.137. The van der Waals surface area contributed by atoms with Crippen molar-refractivity contribution >= 4 is 29.2 Å². The molecule has 0 bridgehead atoms. The van der Waals surface area contributed by atoms with Crippen molar-refractivity contribution < 1.29 is 32.3 Å². The number of hydrogen-bond acceptors (Lipinski definition) is 6. The van der Waals surface area contributed by atoms with Gasteiger partial charge in [-0.25, -0.2) is 4.79 Å². The third kappa shape index (κ3) is 6.12. The quantitative estimate of drug-likeness (QED) is 0.451. The minimum atomic E-state index is -4.48. The van der Waals surface area contributed by atoms with Gasteiger partial charge in [0.1, 0.15) is 11.8 Å². The number of nitrogens with zero attached hydrogens (tertiary/aromatic N) is 2. The normalized spacial score (nSPS) is 15.5. The van der Waals surface area contributed by atoms with E-state index >= 15 is 0 Å². The number of ether oxygens (including phenoxy) is 1. The van der Waals surface area contributed by atoms with Crippen molar-refractivity contribution in [1.82, 2.24) is 10.6 Å². The minimum Gasteiger partial charge on any atom is -0.461 e. The topological polar surface area (TPSA) is 100 Å². The fourth-order valence-corrected chi connectivity index (χ4v) is 3.26. The zero-order valence-corrected chi connectivity index (χ0v) is 18.3. The predicted molar refractivity (Wildman–Crippen MR) is 118 cm³/mol. The van der Waals surface area contributed by atoms with E-state index in [0.717, 1.165) is 24.3 Å². The lowest BCUT2D eigenvalue weighted by Gasteiger charge is -2.22. The number of carbonyl (C=O) groups excluding carboxylic acids is 3. The largest absolute Gasteiger partial charge is 0.461 e. The third-order valence-electron chi connectivity index (χ3n) is 4.93. The SMILES string of the molecule is CCOC(=O)C1=NN(c2ccccc2)C(C(=O)NCCNC(=O)c2ccc(C(F)(F)F)cc2)C1. The molecule has 1 unspecified atom stereocenters. The van der Waals surface area contributed by atoms with E-state index in [1.54, 1.807) is 31.2 Å². The van der Waals surface area contributed by atoms with Crippen molar-refractivity contribution in [2.24, 2.45) is 5.10 Å². The van der Waals surface area contributed by atoms with Crippen molar-refractivity contribution in [1.29, 1.82) is 0 Å². The lowest BCUT2D eigenvalue weighted by Crippen LogP contribution is -2.45. The zero-order valence-electron chi connectivity index (χ0n) is 18.3. The predicted octanol–water partition coefficient (Wildman–Crippen LogP) is 2.75. The number of esters is 1. The number of anilines is 1. The molecule has 2 amide bonds. The Labute approximate surface area is 193 Å². The smallest absolute Gasteiger partial charge is 0.416 e. The molecule has 1 atom stereocenters. The molecule has 0 fully saturated rings. The number of alkyl halides is 3. The van der Waals surface area contributed by atoms with Crippen LogP contribution in [-0.4, -0.2) is 49.2 Å². The molecule has 11 heteroatoms. The number of halogens is 3. The van der Waals surface area contributed by atoms with Gasteiger partial charge >= 0.3 is 12.1 Å². The molecule has 0 aliphatic carbocycles. The summed E-state index contributed by atoms with van der Waals surface area (Å²) in [5, 5.41) is 10.9. The average molecular weight is 476 g/mol. The summed E-state index contributed by atoms with van der Waals surface area (Å²) in [5.74, 6) is -1.57. The van der Waals surface area contributed by atoms with Gasteiger partial charge in [0, 0.05) is 25.1 Å². The first-order chi connectivity index (χ1) is 16.2. The third-order valence-corrected chi connectivity index (χ3v) is 4.93. The highest BCUT2D eigenvalue weighted by molar-refractivity contribution is 6.38. The summed E-state index contributed by atoms with van der Waals surface area (Å²) in [6.45, 7) is 1.97. The Morgan fingerprint density at radius 1 is 1.03 bits per heavy atom. The van der Waals surface area contributed by atoms with Crippen LogP contribution < -0.4 is 15.6 Å². The van der Waals surface area contributed by atoms with Gasteiger partial charge in [-0.15, -0.1) is 0 Å². The van der Waals surface area contributed by atoms with E-state index in [1.807, 2.05) is 6.07 Å². The summed E-state index contributed by atoms with van der Waals surface area (Å²) in [7, 11) is 0. The Bertz CT molecular complexity index is 1060. The molecule has 2 aromatic carbocycles. The number of rotatable bonds is 8. The monoisotopic (exact) mass is 476 g/mol. The van der Waals surface area contributed by atoms with Gasteiger partial charge in [0.05, 0.1) is 17.9 Å². The summed E-state index contributed by atoms with van der Waals surface area (Å²) in [4.78, 5) is 37.1. The molecule has 1 heterocycles. The first-order valence-electron chi connectivity index (χ1n) is 10.5. The maximum absolute atomic E-state index is 12.8. The van der Waals surface area contributed by atoms with Crippen LogP contribution in [0.25, 0.3) is 0 Å². The van der Waals surface area contributed by atoms with E-state index in [9.17, 15) is 27.6 Å². The first kappa shape index (κ1) is 24.7. The van der Waals surface area contributed by atoms with E-state index in [1.165, 1.54) is 5.01 Å². The van der Waals surface area contributed by atoms with Crippen LogP contribution in [0.3, 0.4) is 0 Å². The van der Waals surface area contributed by atoms with Crippen LogP contribution >= 0.6 is 0 Å². The molecular weight excluding hydrogens is 453 g/mol. The van der Waals surface area contributed by atoms with E-state index < -0.39 is 35.6 Å². The Morgan fingerprint density at radius 3 is 2.29 bits per heavy atom. The van der Waals surface area contributed by atoms with Crippen LogP contribution in [0, 0.1) is 0 Å². The number of hydrogen-bond donors (Lipinski definition) is 2. The van der Waals surface area contributed by atoms with Crippen molar-refractivity contribution in [2.75, 3.05) is 24.7 Å². The molecule has 1 aliphatic heterocycles. The van der Waals surface area contributed by atoms with Gasteiger partial charge in [0.2, 0.25) is 5.91 Å². The van der Waals surface area contributed by atoms with Gasteiger partial charge in [0.25, 0.3) is 5.91 Å². The van der Waals surface area contributed by atoms with Crippen molar-refractivity contribution in [2.45, 2.75) is 25.6 Å². The maximum atomic E-state index is 12.8. The van der Waals surface area contributed by atoms with Crippen LogP contribution in [0.15, 0.2) is 59.7 Å². The second kappa shape index (κ2) is 10.8. The van der Waals surface area contributed by atoms with Crippen LogP contribution in [0.4, 0.5) is 18.9 Å². The van der Waals surface area contributed by atoms with Gasteiger partial charge in [-0.3, -0.25) is 14.6 Å². The van der Waals surface area contributed by atoms with E-state index in [0.29, 0.717) is 5.69 Å². The Hall–Kier alpha value is -3.89.